The van der Waals surface area contributed by atoms with E-state index in [1.165, 1.54) is 23.5 Å². The lowest BCUT2D eigenvalue weighted by Gasteiger charge is -2.22. The van der Waals surface area contributed by atoms with Crippen LogP contribution in [-0.4, -0.2) is 29.5 Å². The van der Waals surface area contributed by atoms with E-state index >= 15 is 0 Å². The summed E-state index contributed by atoms with van der Waals surface area (Å²) < 4.78 is 5.73. The van der Waals surface area contributed by atoms with Crippen molar-refractivity contribution in [2.45, 2.75) is 43.4 Å². The molecule has 0 saturated carbocycles. The molecule has 1 fully saturated rings. The van der Waals surface area contributed by atoms with Gasteiger partial charge in [-0.2, -0.15) is 0 Å². The number of benzene rings is 2. The third-order valence-electron chi connectivity index (χ3n) is 4.52. The van der Waals surface area contributed by atoms with E-state index in [1.54, 1.807) is 0 Å². The number of nitrogens with one attached hydrogen (secondary N) is 1. The van der Waals surface area contributed by atoms with Crippen LogP contribution < -0.4 is 5.32 Å². The van der Waals surface area contributed by atoms with Gasteiger partial charge in [-0.3, -0.25) is 9.59 Å². The van der Waals surface area contributed by atoms with Gasteiger partial charge in [-0.05, 0) is 55.0 Å². The van der Waals surface area contributed by atoms with E-state index in [4.69, 9.17) is 4.74 Å². The predicted octanol–water partition coefficient (Wildman–Crippen LogP) is 5.37. The molecule has 1 aliphatic heterocycles. The van der Waals surface area contributed by atoms with Crippen LogP contribution in [0.5, 0.6) is 0 Å². The maximum atomic E-state index is 12.8. The molecule has 154 valence electrons. The Kier molecular flexibility index (Phi) is 8.07. The molecule has 0 spiro atoms. The molecule has 2 aromatic carbocycles. The van der Waals surface area contributed by atoms with Crippen LogP contribution in [0.25, 0.3) is 0 Å². The molecule has 6 heteroatoms. The van der Waals surface area contributed by atoms with Gasteiger partial charge >= 0.3 is 5.97 Å². The van der Waals surface area contributed by atoms with Crippen molar-refractivity contribution in [3.63, 3.8) is 0 Å². The van der Waals surface area contributed by atoms with Gasteiger partial charge in [0.1, 0.15) is 0 Å². The molecule has 4 nitrogen and oxygen atoms in total. The monoisotopic (exact) mass is 429 g/mol. The van der Waals surface area contributed by atoms with Crippen molar-refractivity contribution < 1.29 is 14.3 Å². The summed E-state index contributed by atoms with van der Waals surface area (Å²) >= 11 is 3.92. The molecule has 0 radical (unpaired) electrons. The van der Waals surface area contributed by atoms with Gasteiger partial charge in [0.15, 0.2) is 0 Å². The topological polar surface area (TPSA) is 55.4 Å². The lowest BCUT2D eigenvalue weighted by atomic mass is 10.0. The predicted molar refractivity (Wildman–Crippen MR) is 121 cm³/mol. The van der Waals surface area contributed by atoms with E-state index in [1.807, 2.05) is 92.0 Å². The maximum Gasteiger partial charge on any atom is 0.308 e. The summed E-state index contributed by atoms with van der Waals surface area (Å²) in [7, 11) is 0. The third kappa shape index (κ3) is 6.54. The fourth-order valence-corrected chi connectivity index (χ4v) is 6.02. The van der Waals surface area contributed by atoms with Crippen molar-refractivity contribution >= 4 is 35.4 Å². The fraction of sp³-hybridized carbons (Fsp3) is 0.391. The number of thioether (sulfide) groups is 2. The van der Waals surface area contributed by atoms with Gasteiger partial charge in [0.05, 0.1) is 23.1 Å². The smallest absolute Gasteiger partial charge is 0.308 e. The minimum atomic E-state index is -0.431. The van der Waals surface area contributed by atoms with Crippen molar-refractivity contribution in [3.8, 4) is 0 Å². The van der Waals surface area contributed by atoms with Crippen LogP contribution in [-0.2, 0) is 9.53 Å². The maximum absolute atomic E-state index is 12.8. The number of amides is 1. The summed E-state index contributed by atoms with van der Waals surface area (Å²) in [5, 5.41) is 3.00. The second kappa shape index (κ2) is 10.7. The van der Waals surface area contributed by atoms with Gasteiger partial charge < -0.3 is 10.1 Å². The summed E-state index contributed by atoms with van der Waals surface area (Å²) in [6.45, 7) is 3.64. The Morgan fingerprint density at radius 1 is 1.03 bits per heavy atom. The first kappa shape index (κ1) is 21.8. The highest BCUT2D eigenvalue weighted by Gasteiger charge is 2.21. The summed E-state index contributed by atoms with van der Waals surface area (Å²) in [6.07, 6.45) is 1.17. The van der Waals surface area contributed by atoms with E-state index in [9.17, 15) is 9.59 Å². The Hall–Kier alpha value is -1.92. The van der Waals surface area contributed by atoms with Crippen molar-refractivity contribution in [1.29, 1.82) is 0 Å². The molecule has 1 amide bonds. The number of carbonyl (C=O) groups excluding carboxylic acids is 2. The molecule has 0 bridgehead atoms. The van der Waals surface area contributed by atoms with Crippen LogP contribution in [0.15, 0.2) is 54.6 Å². The summed E-state index contributed by atoms with van der Waals surface area (Å²) in [5.74, 6) is 1.86. The highest BCUT2D eigenvalue weighted by Crippen LogP contribution is 2.43. The molecule has 29 heavy (non-hydrogen) atoms. The second-order valence-corrected chi connectivity index (χ2v) is 9.95. The van der Waals surface area contributed by atoms with E-state index in [0.29, 0.717) is 10.1 Å². The van der Waals surface area contributed by atoms with E-state index in [0.717, 1.165) is 5.56 Å². The molecule has 1 unspecified atom stereocenters. The average molecular weight is 430 g/mol. The van der Waals surface area contributed by atoms with E-state index in [-0.39, 0.29) is 24.4 Å². The Labute approximate surface area is 181 Å². The third-order valence-corrected chi connectivity index (χ3v) is 7.53. The van der Waals surface area contributed by atoms with Crippen LogP contribution in [0.4, 0.5) is 0 Å². The van der Waals surface area contributed by atoms with E-state index in [2.05, 4.69) is 5.32 Å². The highest BCUT2D eigenvalue weighted by molar-refractivity contribution is 8.16. The summed E-state index contributed by atoms with van der Waals surface area (Å²) in [4.78, 5) is 25.0. The van der Waals surface area contributed by atoms with Gasteiger partial charge in [-0.1, -0.05) is 42.5 Å². The Morgan fingerprint density at radius 3 is 2.31 bits per heavy atom. The van der Waals surface area contributed by atoms with Gasteiger partial charge in [0.25, 0.3) is 5.91 Å². The lowest BCUT2D eigenvalue weighted by molar-refractivity contribution is -0.147. The zero-order valence-electron chi connectivity index (χ0n) is 16.8. The molecule has 1 aliphatic rings. The lowest BCUT2D eigenvalue weighted by Crippen LogP contribution is -2.31. The molecule has 0 aromatic heterocycles. The van der Waals surface area contributed by atoms with Crippen LogP contribution in [0, 0.1) is 0 Å². The largest absolute Gasteiger partial charge is 0.463 e. The molecule has 3 rings (SSSR count). The Balaban J connectivity index is 1.69. The summed E-state index contributed by atoms with van der Waals surface area (Å²) in [6, 6.07) is 16.9. The number of ether oxygens (including phenoxy) is 1. The molecule has 1 saturated heterocycles. The van der Waals surface area contributed by atoms with Crippen LogP contribution in [0.2, 0.25) is 0 Å². The van der Waals surface area contributed by atoms with Gasteiger partial charge in [-0.25, -0.2) is 0 Å². The molecule has 2 aromatic rings. The van der Waals surface area contributed by atoms with Crippen molar-refractivity contribution in [2.24, 2.45) is 0 Å². The van der Waals surface area contributed by atoms with Crippen LogP contribution in [0.3, 0.4) is 0 Å². The fourth-order valence-electron chi connectivity index (χ4n) is 3.13. The number of hydrogen-bond acceptors (Lipinski definition) is 5. The molecular formula is C23H27NO3S2. The summed E-state index contributed by atoms with van der Waals surface area (Å²) in [5.41, 5.74) is 2.72. The van der Waals surface area contributed by atoms with Crippen molar-refractivity contribution in [1.82, 2.24) is 5.32 Å². The quantitative estimate of drug-likeness (QED) is 0.600. The van der Waals surface area contributed by atoms with Gasteiger partial charge in [0.2, 0.25) is 0 Å². The first-order chi connectivity index (χ1) is 14.0. The van der Waals surface area contributed by atoms with Crippen LogP contribution >= 0.6 is 23.5 Å². The highest BCUT2D eigenvalue weighted by atomic mass is 32.2. The first-order valence-corrected chi connectivity index (χ1v) is 12.0. The Morgan fingerprint density at radius 2 is 1.69 bits per heavy atom. The molecule has 1 N–H and O–H groups in total. The standard InChI is InChI=1S/C23H27NO3S2/c1-16(2)27-21(25)15-20(17-7-4-3-5-8-17)24-22(26)18-9-11-19(12-10-18)23-28-13-6-14-29-23/h3-5,7-12,16,20,23H,6,13-15H2,1-2H3,(H,24,26). The molecule has 1 heterocycles. The van der Waals surface area contributed by atoms with Crippen LogP contribution in [0.1, 0.15) is 58.8 Å². The SMILES string of the molecule is CC(C)OC(=O)CC(NC(=O)c1ccc(C2SCCCS2)cc1)c1ccccc1. The number of carbonyl (C=O) groups is 2. The van der Waals surface area contributed by atoms with E-state index < -0.39 is 6.04 Å². The Bertz CT molecular complexity index is 803. The normalized spacial score (nSPS) is 15.7. The molecular weight excluding hydrogens is 402 g/mol. The number of hydrogen-bond donors (Lipinski definition) is 1. The number of esters is 1. The second-order valence-electron chi connectivity index (χ2n) is 7.23. The van der Waals surface area contributed by atoms with Gasteiger partial charge in [0, 0.05) is 5.56 Å². The van der Waals surface area contributed by atoms with Crippen molar-refractivity contribution in [3.05, 3.63) is 71.3 Å². The zero-order chi connectivity index (χ0) is 20.6. The minimum Gasteiger partial charge on any atom is -0.463 e. The first-order valence-electron chi connectivity index (χ1n) is 9.91. The van der Waals surface area contributed by atoms with Gasteiger partial charge in [-0.15, -0.1) is 23.5 Å². The minimum absolute atomic E-state index is 0.0986. The number of rotatable bonds is 7. The molecule has 0 aliphatic carbocycles. The average Bonchev–Trinajstić information content (AvgIpc) is 2.74. The zero-order valence-corrected chi connectivity index (χ0v) is 18.4. The molecule has 1 atom stereocenters. The van der Waals surface area contributed by atoms with Crippen molar-refractivity contribution in [2.75, 3.05) is 11.5 Å².